The highest BCUT2D eigenvalue weighted by Gasteiger charge is 2.21. The fourth-order valence-electron chi connectivity index (χ4n) is 9.86. The molecule has 11 aromatic carbocycles. The zero-order valence-electron chi connectivity index (χ0n) is 38.5. The van der Waals surface area contributed by atoms with Gasteiger partial charge in [-0.1, -0.05) is 224 Å². The minimum atomic E-state index is 0.918. The molecule has 12 aromatic rings. The van der Waals surface area contributed by atoms with Crippen molar-refractivity contribution in [2.75, 3.05) is 4.90 Å². The number of para-hydroxylation sites is 2. The summed E-state index contributed by atoms with van der Waals surface area (Å²) in [5.41, 5.74) is 21.3. The van der Waals surface area contributed by atoms with Gasteiger partial charge in [-0.15, -0.1) is 0 Å². The van der Waals surface area contributed by atoms with Crippen molar-refractivity contribution in [3.05, 3.63) is 285 Å². The zero-order chi connectivity index (χ0) is 46.6. The number of benzene rings is 11. The number of imidazole rings is 1. The van der Waals surface area contributed by atoms with Crippen molar-refractivity contribution >= 4 is 28.1 Å². The van der Waals surface area contributed by atoms with Gasteiger partial charge in [0.1, 0.15) is 5.82 Å². The predicted octanol–water partition coefficient (Wildman–Crippen LogP) is 18.2. The normalized spacial score (nSPS) is 11.1. The van der Waals surface area contributed by atoms with Crippen LogP contribution in [-0.4, -0.2) is 9.55 Å². The zero-order valence-corrected chi connectivity index (χ0v) is 38.5. The van der Waals surface area contributed by atoms with Crippen molar-refractivity contribution in [3.63, 3.8) is 0 Å². The van der Waals surface area contributed by atoms with E-state index >= 15 is 0 Å². The summed E-state index contributed by atoms with van der Waals surface area (Å²) in [5, 5.41) is 0. The maximum absolute atomic E-state index is 5.38. The summed E-state index contributed by atoms with van der Waals surface area (Å²) in [5.74, 6) is 0.918. The molecule has 3 heteroatoms. The number of hydrogen-bond donors (Lipinski definition) is 0. The molecular formula is C67H47N3. The van der Waals surface area contributed by atoms with Gasteiger partial charge in [0.05, 0.1) is 11.0 Å². The van der Waals surface area contributed by atoms with Gasteiger partial charge in [-0.25, -0.2) is 4.98 Å². The summed E-state index contributed by atoms with van der Waals surface area (Å²) in [7, 11) is 0. The molecule has 0 aliphatic rings. The summed E-state index contributed by atoms with van der Waals surface area (Å²) >= 11 is 0. The SMILES string of the molecule is c1ccc(-c2ccc(N(c3ccc(-c4cccc(-c5cccc6c5nc(-c5ccccc5)n6-c5ccccc5)c4)cc3)c3ccc(-c4ccccc4)c(-c4ccccc4)c3)cc2-c2ccccc2)cc1. The lowest BCUT2D eigenvalue weighted by atomic mass is 9.92. The van der Waals surface area contributed by atoms with Crippen molar-refractivity contribution in [1.29, 1.82) is 0 Å². The molecule has 0 bridgehead atoms. The summed E-state index contributed by atoms with van der Waals surface area (Å²) in [6.45, 7) is 0. The number of fused-ring (bicyclic) bond motifs is 1. The van der Waals surface area contributed by atoms with Crippen LogP contribution in [0, 0.1) is 0 Å². The Labute approximate surface area is 409 Å². The van der Waals surface area contributed by atoms with E-state index in [1.54, 1.807) is 0 Å². The van der Waals surface area contributed by atoms with Crippen LogP contribution in [0.5, 0.6) is 0 Å². The van der Waals surface area contributed by atoms with Crippen LogP contribution in [0.3, 0.4) is 0 Å². The molecule has 330 valence electrons. The van der Waals surface area contributed by atoms with Crippen molar-refractivity contribution < 1.29 is 0 Å². The highest BCUT2D eigenvalue weighted by atomic mass is 15.1. The van der Waals surface area contributed by atoms with Crippen LogP contribution in [0.25, 0.3) is 94.9 Å². The standard InChI is InChI=1S/C67H47N3/c1-7-21-49(22-8-1)60-43-41-58(46-63(60)51-25-11-3-12-26-51)69(59-42-44-61(50-23-9-2-10-24-50)64(47-59)52-27-13-4-14-28-52)57-39-37-48(38-40-57)54-31-19-32-55(45-54)62-35-20-36-65-66(62)68-67(53-29-15-5-16-30-53)70(65)56-33-17-6-18-34-56/h1-47H. The minimum Gasteiger partial charge on any atom is -0.310 e. The van der Waals surface area contributed by atoms with Gasteiger partial charge in [0, 0.05) is 33.9 Å². The molecule has 0 radical (unpaired) electrons. The molecule has 70 heavy (non-hydrogen) atoms. The van der Waals surface area contributed by atoms with E-state index in [0.717, 1.165) is 67.4 Å². The van der Waals surface area contributed by atoms with Gasteiger partial charge in [0.15, 0.2) is 0 Å². The molecule has 1 heterocycles. The van der Waals surface area contributed by atoms with Gasteiger partial charge in [0.2, 0.25) is 0 Å². The first kappa shape index (κ1) is 42.1. The second-order valence-electron chi connectivity index (χ2n) is 17.5. The van der Waals surface area contributed by atoms with E-state index in [0.29, 0.717) is 0 Å². The molecule has 1 aromatic heterocycles. The molecule has 0 atom stereocenters. The summed E-state index contributed by atoms with van der Waals surface area (Å²) in [6, 6.07) is 102. The van der Waals surface area contributed by atoms with E-state index < -0.39 is 0 Å². The maximum Gasteiger partial charge on any atom is 0.145 e. The van der Waals surface area contributed by atoms with Crippen LogP contribution in [0.2, 0.25) is 0 Å². The lowest BCUT2D eigenvalue weighted by molar-refractivity contribution is 1.10. The first-order chi connectivity index (χ1) is 34.7. The molecule has 0 amide bonds. The predicted molar refractivity (Wildman–Crippen MR) is 294 cm³/mol. The molecule has 3 nitrogen and oxygen atoms in total. The van der Waals surface area contributed by atoms with E-state index in [2.05, 4.69) is 295 Å². The highest BCUT2D eigenvalue weighted by Crippen LogP contribution is 2.44. The van der Waals surface area contributed by atoms with E-state index in [1.807, 2.05) is 0 Å². The molecule has 0 aliphatic carbocycles. The molecule has 12 rings (SSSR count). The number of anilines is 3. The maximum atomic E-state index is 5.38. The topological polar surface area (TPSA) is 21.1 Å². The quantitative estimate of drug-likeness (QED) is 0.129. The Morgan fingerprint density at radius 3 is 1.19 bits per heavy atom. The second kappa shape index (κ2) is 18.8. The van der Waals surface area contributed by atoms with Crippen molar-refractivity contribution in [1.82, 2.24) is 9.55 Å². The van der Waals surface area contributed by atoms with Gasteiger partial charge >= 0.3 is 0 Å². The van der Waals surface area contributed by atoms with Crippen molar-refractivity contribution in [2.45, 2.75) is 0 Å². The molecule has 0 fully saturated rings. The third-order valence-corrected chi connectivity index (χ3v) is 13.2. The first-order valence-electron chi connectivity index (χ1n) is 23.9. The fourth-order valence-corrected chi connectivity index (χ4v) is 9.86. The lowest BCUT2D eigenvalue weighted by Crippen LogP contribution is -2.10. The minimum absolute atomic E-state index is 0.918. The van der Waals surface area contributed by atoms with Gasteiger partial charge in [0.25, 0.3) is 0 Å². The second-order valence-corrected chi connectivity index (χ2v) is 17.5. The van der Waals surface area contributed by atoms with Crippen LogP contribution in [0.15, 0.2) is 285 Å². The number of aromatic nitrogens is 2. The van der Waals surface area contributed by atoms with E-state index in [9.17, 15) is 0 Å². The molecule has 0 aliphatic heterocycles. The molecule has 0 saturated heterocycles. The Morgan fingerprint density at radius 1 is 0.257 bits per heavy atom. The largest absolute Gasteiger partial charge is 0.310 e. The van der Waals surface area contributed by atoms with Gasteiger partial charge < -0.3 is 4.90 Å². The van der Waals surface area contributed by atoms with Crippen LogP contribution in [0.4, 0.5) is 17.1 Å². The Bertz CT molecular complexity index is 3590. The molecule has 0 spiro atoms. The average Bonchev–Trinajstić information content (AvgIpc) is 3.85. The molecular weight excluding hydrogens is 847 g/mol. The van der Waals surface area contributed by atoms with Crippen LogP contribution in [-0.2, 0) is 0 Å². The monoisotopic (exact) mass is 893 g/mol. The summed E-state index contributed by atoms with van der Waals surface area (Å²) in [4.78, 5) is 7.78. The highest BCUT2D eigenvalue weighted by molar-refractivity contribution is 5.97. The Hall–Kier alpha value is -9.31. The fraction of sp³-hybridized carbons (Fsp3) is 0. The van der Waals surface area contributed by atoms with Crippen molar-refractivity contribution in [2.24, 2.45) is 0 Å². The van der Waals surface area contributed by atoms with Gasteiger partial charge in [-0.05, 0) is 122 Å². The van der Waals surface area contributed by atoms with Crippen LogP contribution < -0.4 is 4.90 Å². The third kappa shape index (κ3) is 8.16. The Kier molecular flexibility index (Phi) is 11.3. The summed E-state index contributed by atoms with van der Waals surface area (Å²) < 4.78 is 2.28. The van der Waals surface area contributed by atoms with Gasteiger partial charge in [-0.2, -0.15) is 0 Å². The lowest BCUT2D eigenvalue weighted by Gasteiger charge is -2.28. The Morgan fingerprint density at radius 2 is 0.671 bits per heavy atom. The van der Waals surface area contributed by atoms with E-state index in [1.165, 1.54) is 44.5 Å². The Balaban J connectivity index is 0.982. The summed E-state index contributed by atoms with van der Waals surface area (Å²) in [6.07, 6.45) is 0. The first-order valence-corrected chi connectivity index (χ1v) is 23.9. The molecule has 0 saturated carbocycles. The average molecular weight is 894 g/mol. The van der Waals surface area contributed by atoms with Gasteiger partial charge in [-0.3, -0.25) is 4.57 Å². The number of hydrogen-bond acceptors (Lipinski definition) is 2. The smallest absolute Gasteiger partial charge is 0.145 e. The van der Waals surface area contributed by atoms with E-state index in [4.69, 9.17) is 4.98 Å². The number of nitrogens with zero attached hydrogens (tertiary/aromatic N) is 3. The third-order valence-electron chi connectivity index (χ3n) is 13.2. The van der Waals surface area contributed by atoms with Crippen LogP contribution in [0.1, 0.15) is 0 Å². The molecule has 0 N–H and O–H groups in total. The number of rotatable bonds is 11. The molecule has 0 unspecified atom stereocenters. The van der Waals surface area contributed by atoms with Crippen LogP contribution >= 0.6 is 0 Å². The van der Waals surface area contributed by atoms with E-state index in [-0.39, 0.29) is 0 Å². The van der Waals surface area contributed by atoms with Crippen molar-refractivity contribution in [3.8, 4) is 83.8 Å².